The summed E-state index contributed by atoms with van der Waals surface area (Å²) in [5.74, 6) is 0.165. The van der Waals surface area contributed by atoms with Gasteiger partial charge in [0.2, 0.25) is 0 Å². The number of hydrogen-bond donors (Lipinski definition) is 4. The molecule has 0 spiro atoms. The molecule has 0 heterocycles. The van der Waals surface area contributed by atoms with Crippen LogP contribution in [0.4, 0.5) is 5.69 Å². The van der Waals surface area contributed by atoms with Crippen molar-refractivity contribution in [1.29, 1.82) is 0 Å². The van der Waals surface area contributed by atoms with E-state index in [9.17, 15) is 8.42 Å². The Bertz CT molecular complexity index is 586. The van der Waals surface area contributed by atoms with Crippen LogP contribution in [0.5, 0.6) is 5.75 Å². The van der Waals surface area contributed by atoms with E-state index in [1.807, 2.05) is 6.92 Å². The third-order valence-electron chi connectivity index (χ3n) is 2.39. The van der Waals surface area contributed by atoms with Gasteiger partial charge < -0.3 is 15.7 Å². The molecular weight excluding hydrogens is 284 g/mol. The van der Waals surface area contributed by atoms with Crippen LogP contribution in [0.15, 0.2) is 23.4 Å². The Labute approximate surface area is 117 Å². The van der Waals surface area contributed by atoms with Crippen molar-refractivity contribution < 1.29 is 18.4 Å². The van der Waals surface area contributed by atoms with E-state index in [-0.39, 0.29) is 17.3 Å². The van der Waals surface area contributed by atoms with Gasteiger partial charge in [0.05, 0.1) is 12.8 Å². The molecule has 1 rings (SSSR count). The van der Waals surface area contributed by atoms with Crippen LogP contribution in [0.3, 0.4) is 0 Å². The molecule has 0 bridgehead atoms. The van der Waals surface area contributed by atoms with Crippen molar-refractivity contribution in [3.8, 4) is 5.75 Å². The first-order chi connectivity index (χ1) is 9.43. The molecule has 0 radical (unpaired) electrons. The summed E-state index contributed by atoms with van der Waals surface area (Å²) in [6.07, 6.45) is 0.681. The summed E-state index contributed by atoms with van der Waals surface area (Å²) in [5.41, 5.74) is 6.12. The minimum Gasteiger partial charge on any atom is -0.495 e. The lowest BCUT2D eigenvalue weighted by Crippen LogP contribution is -2.30. The maximum Gasteiger partial charge on any atom is 0.299 e. The molecule has 0 aliphatic heterocycles. The highest BCUT2D eigenvalue weighted by molar-refractivity contribution is 7.90. The minimum atomic E-state index is -3.66. The largest absolute Gasteiger partial charge is 0.495 e. The standard InChI is InChI=1S/C11H18N4O4S/c1-3-6-13-20(17,18)15-9-5-4-8(11(12)14-16)7-10(9)19-2/h4-5,7,13,15-16H,3,6H2,1-2H3,(H2,12,14). The normalized spacial score (nSPS) is 12.2. The van der Waals surface area contributed by atoms with Gasteiger partial charge in [-0.1, -0.05) is 12.1 Å². The van der Waals surface area contributed by atoms with Gasteiger partial charge >= 0.3 is 0 Å². The molecule has 0 aromatic heterocycles. The van der Waals surface area contributed by atoms with E-state index in [1.165, 1.54) is 25.3 Å². The number of nitrogens with two attached hydrogens (primary N) is 1. The SMILES string of the molecule is CCCNS(=O)(=O)Nc1ccc(/C(N)=N/O)cc1OC. The van der Waals surface area contributed by atoms with Gasteiger partial charge in [0.25, 0.3) is 10.2 Å². The van der Waals surface area contributed by atoms with E-state index in [0.717, 1.165) is 0 Å². The van der Waals surface area contributed by atoms with Crippen LogP contribution in [-0.4, -0.2) is 33.1 Å². The zero-order valence-electron chi connectivity index (χ0n) is 11.3. The minimum absolute atomic E-state index is 0.0955. The highest BCUT2D eigenvalue weighted by Crippen LogP contribution is 2.26. The van der Waals surface area contributed by atoms with Crippen molar-refractivity contribution in [1.82, 2.24) is 4.72 Å². The second kappa shape index (κ2) is 6.96. The molecular formula is C11H18N4O4S. The second-order valence-corrected chi connectivity index (χ2v) is 5.40. The van der Waals surface area contributed by atoms with Crippen molar-refractivity contribution in [2.75, 3.05) is 18.4 Å². The summed E-state index contributed by atoms with van der Waals surface area (Å²) < 4.78 is 33.3. The number of nitrogens with one attached hydrogen (secondary N) is 2. The second-order valence-electron chi connectivity index (χ2n) is 3.90. The van der Waals surface area contributed by atoms with E-state index < -0.39 is 10.2 Å². The predicted octanol–water partition coefficient (Wildman–Crippen LogP) is 0.446. The average Bonchev–Trinajstić information content (AvgIpc) is 2.44. The van der Waals surface area contributed by atoms with Gasteiger partial charge in [-0.05, 0) is 24.6 Å². The number of oxime groups is 1. The van der Waals surface area contributed by atoms with Gasteiger partial charge in [-0.15, -0.1) is 0 Å². The van der Waals surface area contributed by atoms with Gasteiger partial charge in [-0.25, -0.2) is 0 Å². The fraction of sp³-hybridized carbons (Fsp3) is 0.364. The fourth-order valence-corrected chi connectivity index (χ4v) is 2.41. The number of hydrogen-bond acceptors (Lipinski definition) is 5. The zero-order valence-corrected chi connectivity index (χ0v) is 12.1. The summed E-state index contributed by atoms with van der Waals surface area (Å²) in [6.45, 7) is 2.19. The molecule has 0 aliphatic carbocycles. The Morgan fingerprint density at radius 1 is 1.50 bits per heavy atom. The van der Waals surface area contributed by atoms with Crippen molar-refractivity contribution in [2.45, 2.75) is 13.3 Å². The highest BCUT2D eigenvalue weighted by Gasteiger charge is 2.13. The third-order valence-corrected chi connectivity index (χ3v) is 3.46. The first-order valence-corrected chi connectivity index (χ1v) is 7.35. The van der Waals surface area contributed by atoms with Crippen LogP contribution in [-0.2, 0) is 10.2 Å². The summed E-state index contributed by atoms with van der Waals surface area (Å²) in [5, 5.41) is 11.5. The fourth-order valence-electron chi connectivity index (χ4n) is 1.41. The maximum atomic E-state index is 11.7. The summed E-state index contributed by atoms with van der Waals surface area (Å²) in [7, 11) is -2.27. The van der Waals surface area contributed by atoms with Gasteiger partial charge in [0.1, 0.15) is 5.75 Å². The smallest absolute Gasteiger partial charge is 0.299 e. The number of methoxy groups -OCH3 is 1. The van der Waals surface area contributed by atoms with E-state index in [4.69, 9.17) is 15.7 Å². The van der Waals surface area contributed by atoms with Crippen molar-refractivity contribution in [3.05, 3.63) is 23.8 Å². The maximum absolute atomic E-state index is 11.7. The first kappa shape index (κ1) is 16.1. The molecule has 0 saturated carbocycles. The lowest BCUT2D eigenvalue weighted by atomic mass is 10.2. The quantitative estimate of drug-likeness (QED) is 0.252. The van der Waals surface area contributed by atoms with Crippen molar-refractivity contribution in [2.24, 2.45) is 10.9 Å². The molecule has 1 aromatic carbocycles. The lowest BCUT2D eigenvalue weighted by Gasteiger charge is -2.13. The van der Waals surface area contributed by atoms with Crippen LogP contribution in [0.25, 0.3) is 0 Å². The number of ether oxygens (including phenoxy) is 1. The molecule has 112 valence electrons. The Kier molecular flexibility index (Phi) is 5.59. The number of amidine groups is 1. The van der Waals surface area contributed by atoms with Crippen LogP contribution in [0.1, 0.15) is 18.9 Å². The van der Waals surface area contributed by atoms with Crippen molar-refractivity contribution >= 4 is 21.7 Å². The van der Waals surface area contributed by atoms with Crippen LogP contribution in [0.2, 0.25) is 0 Å². The highest BCUT2D eigenvalue weighted by atomic mass is 32.2. The van der Waals surface area contributed by atoms with E-state index >= 15 is 0 Å². The molecule has 0 amide bonds. The van der Waals surface area contributed by atoms with Gasteiger partial charge in [0.15, 0.2) is 5.84 Å². The molecule has 0 saturated heterocycles. The third kappa shape index (κ3) is 4.28. The zero-order chi connectivity index (χ0) is 15.2. The lowest BCUT2D eigenvalue weighted by molar-refractivity contribution is 0.318. The Morgan fingerprint density at radius 2 is 2.20 bits per heavy atom. The molecule has 0 atom stereocenters. The topological polar surface area (TPSA) is 126 Å². The van der Waals surface area contributed by atoms with E-state index in [2.05, 4.69) is 14.6 Å². The van der Waals surface area contributed by atoms with Gasteiger partial charge in [-0.3, -0.25) is 4.72 Å². The summed E-state index contributed by atoms with van der Waals surface area (Å²) in [6, 6.07) is 4.44. The Morgan fingerprint density at radius 3 is 2.75 bits per heavy atom. The number of rotatable bonds is 7. The molecule has 0 fully saturated rings. The predicted molar refractivity (Wildman–Crippen MR) is 76.3 cm³/mol. The van der Waals surface area contributed by atoms with E-state index in [1.54, 1.807) is 0 Å². The van der Waals surface area contributed by atoms with Crippen LogP contribution < -0.4 is 19.9 Å². The first-order valence-electron chi connectivity index (χ1n) is 5.86. The van der Waals surface area contributed by atoms with Gasteiger partial charge in [0, 0.05) is 12.1 Å². The molecule has 0 unspecified atom stereocenters. The molecule has 1 aromatic rings. The molecule has 5 N–H and O–H groups in total. The summed E-state index contributed by atoms with van der Waals surface area (Å²) in [4.78, 5) is 0. The van der Waals surface area contributed by atoms with Crippen LogP contribution >= 0.6 is 0 Å². The van der Waals surface area contributed by atoms with Crippen molar-refractivity contribution in [3.63, 3.8) is 0 Å². The monoisotopic (exact) mass is 302 g/mol. The molecule has 8 nitrogen and oxygen atoms in total. The molecule has 20 heavy (non-hydrogen) atoms. The Balaban J connectivity index is 3.02. The Hall–Kier alpha value is -2.00. The van der Waals surface area contributed by atoms with Gasteiger partial charge in [-0.2, -0.15) is 13.1 Å². The number of nitrogens with zero attached hydrogens (tertiary/aromatic N) is 1. The molecule has 0 aliphatic rings. The number of anilines is 1. The van der Waals surface area contributed by atoms with Crippen LogP contribution in [0, 0.1) is 0 Å². The molecule has 9 heteroatoms. The number of benzene rings is 1. The summed E-state index contributed by atoms with van der Waals surface area (Å²) >= 11 is 0. The average molecular weight is 302 g/mol. The van der Waals surface area contributed by atoms with E-state index in [0.29, 0.717) is 18.5 Å².